The second-order valence-corrected chi connectivity index (χ2v) is 7.90. The van der Waals surface area contributed by atoms with Crippen LogP contribution in [0.2, 0.25) is 0 Å². The Labute approximate surface area is 138 Å². The molecule has 3 aromatic rings. The van der Waals surface area contributed by atoms with Gasteiger partial charge in [0, 0.05) is 12.6 Å². The first-order valence-electron chi connectivity index (χ1n) is 7.00. The van der Waals surface area contributed by atoms with Crippen LogP contribution in [0.3, 0.4) is 0 Å². The third-order valence-corrected chi connectivity index (χ3v) is 6.12. The van der Waals surface area contributed by atoms with E-state index in [9.17, 15) is 8.42 Å². The Bertz CT molecular complexity index is 929. The molecule has 0 fully saturated rings. The highest BCUT2D eigenvalue weighted by atomic mass is 32.2. The van der Waals surface area contributed by atoms with E-state index in [1.54, 1.807) is 19.1 Å². The third kappa shape index (κ3) is 3.43. The van der Waals surface area contributed by atoms with Crippen LogP contribution in [0, 0.1) is 6.92 Å². The first-order chi connectivity index (χ1) is 11.0. The molecule has 6 nitrogen and oxygen atoms in total. The van der Waals surface area contributed by atoms with Crippen molar-refractivity contribution >= 4 is 27.0 Å². The minimum atomic E-state index is -3.64. The van der Waals surface area contributed by atoms with Gasteiger partial charge >= 0.3 is 0 Å². The summed E-state index contributed by atoms with van der Waals surface area (Å²) >= 11 is 1.09. The summed E-state index contributed by atoms with van der Waals surface area (Å²) in [6, 6.07) is 10.5. The predicted molar refractivity (Wildman–Crippen MR) is 89.0 cm³/mol. The molecule has 0 radical (unpaired) electrons. The Morgan fingerprint density at radius 2 is 2.04 bits per heavy atom. The summed E-state index contributed by atoms with van der Waals surface area (Å²) in [5.74, 6) is 0.759. The molecule has 1 aromatic carbocycles. The summed E-state index contributed by atoms with van der Waals surface area (Å²) in [4.78, 5) is 0.619. The lowest BCUT2D eigenvalue weighted by atomic mass is 10.1. The van der Waals surface area contributed by atoms with Crippen molar-refractivity contribution < 1.29 is 12.8 Å². The van der Waals surface area contributed by atoms with Crippen molar-refractivity contribution in [1.82, 2.24) is 10.2 Å². The summed E-state index contributed by atoms with van der Waals surface area (Å²) in [5, 5.41) is 7.64. The van der Waals surface area contributed by atoms with E-state index in [0.29, 0.717) is 22.3 Å². The molecular weight excluding hydrogens is 334 g/mol. The van der Waals surface area contributed by atoms with Crippen LogP contribution in [0.1, 0.15) is 18.4 Å². The summed E-state index contributed by atoms with van der Waals surface area (Å²) in [6.45, 7) is 3.70. The van der Waals surface area contributed by atoms with E-state index in [4.69, 9.17) is 4.42 Å². The van der Waals surface area contributed by atoms with Gasteiger partial charge in [-0.05, 0) is 36.2 Å². The van der Waals surface area contributed by atoms with Gasteiger partial charge in [0.25, 0.3) is 15.9 Å². The molecule has 0 amide bonds. The second kappa shape index (κ2) is 6.13. The minimum absolute atomic E-state index is 0.199. The van der Waals surface area contributed by atoms with Gasteiger partial charge < -0.3 is 4.42 Å². The van der Waals surface area contributed by atoms with Crippen molar-refractivity contribution in [2.75, 3.05) is 4.72 Å². The highest BCUT2D eigenvalue weighted by molar-refractivity contribution is 7.94. The Morgan fingerprint density at radius 3 is 2.74 bits per heavy atom. The number of nitrogens with zero attached hydrogens (tertiary/aromatic N) is 2. The van der Waals surface area contributed by atoms with Crippen molar-refractivity contribution in [3.8, 4) is 10.8 Å². The third-order valence-electron chi connectivity index (χ3n) is 3.17. The molecule has 1 N–H and O–H groups in total. The van der Waals surface area contributed by atoms with Gasteiger partial charge in [-0.15, -0.1) is 21.5 Å². The number of aromatic nitrogens is 2. The lowest BCUT2D eigenvalue weighted by Crippen LogP contribution is -2.11. The lowest BCUT2D eigenvalue weighted by molar-refractivity contribution is 0.534. The average molecular weight is 349 g/mol. The standard InChI is InChI=1S/C15H15N3O3S2/c1-3-11-5-4-6-12(9-11)18-23(19,20)14-8-7-13(22-14)15-17-16-10(2)21-15/h4-9,18H,3H2,1-2H3. The zero-order valence-corrected chi connectivity index (χ0v) is 14.2. The van der Waals surface area contributed by atoms with Crippen molar-refractivity contribution in [1.29, 1.82) is 0 Å². The summed E-state index contributed by atoms with van der Waals surface area (Å²) in [7, 11) is -3.64. The van der Waals surface area contributed by atoms with Crippen LogP contribution >= 0.6 is 11.3 Å². The van der Waals surface area contributed by atoms with Crippen molar-refractivity contribution in [2.24, 2.45) is 0 Å². The monoisotopic (exact) mass is 349 g/mol. The van der Waals surface area contributed by atoms with Gasteiger partial charge in [0.1, 0.15) is 4.21 Å². The number of thiophene rings is 1. The molecule has 120 valence electrons. The number of rotatable bonds is 5. The molecule has 0 saturated carbocycles. The fourth-order valence-corrected chi connectivity index (χ4v) is 4.31. The number of nitrogens with one attached hydrogen (secondary N) is 1. The zero-order valence-electron chi connectivity index (χ0n) is 12.6. The number of hydrogen-bond acceptors (Lipinski definition) is 6. The highest BCUT2D eigenvalue weighted by Gasteiger charge is 2.19. The number of hydrogen-bond donors (Lipinski definition) is 1. The van der Waals surface area contributed by atoms with E-state index >= 15 is 0 Å². The van der Waals surface area contributed by atoms with Gasteiger partial charge in [0.05, 0.1) is 4.88 Å². The van der Waals surface area contributed by atoms with Crippen LogP contribution < -0.4 is 4.72 Å². The number of anilines is 1. The molecular formula is C15H15N3O3S2. The van der Waals surface area contributed by atoms with Gasteiger partial charge in [-0.3, -0.25) is 4.72 Å². The average Bonchev–Trinajstić information content (AvgIpc) is 3.16. The summed E-state index contributed by atoms with van der Waals surface area (Å²) in [6.07, 6.45) is 0.842. The molecule has 0 bridgehead atoms. The van der Waals surface area contributed by atoms with Gasteiger partial charge in [0.2, 0.25) is 5.89 Å². The van der Waals surface area contributed by atoms with Crippen LogP contribution in [-0.4, -0.2) is 18.6 Å². The fourth-order valence-electron chi connectivity index (χ4n) is 2.04. The Balaban J connectivity index is 1.86. The minimum Gasteiger partial charge on any atom is -0.420 e. The highest BCUT2D eigenvalue weighted by Crippen LogP contribution is 2.31. The quantitative estimate of drug-likeness (QED) is 0.762. The van der Waals surface area contributed by atoms with Crippen LogP contribution in [-0.2, 0) is 16.4 Å². The lowest BCUT2D eigenvalue weighted by Gasteiger charge is -2.07. The topological polar surface area (TPSA) is 85.1 Å². The zero-order chi connectivity index (χ0) is 16.4. The van der Waals surface area contributed by atoms with E-state index in [2.05, 4.69) is 14.9 Å². The van der Waals surface area contributed by atoms with Crippen molar-refractivity contribution in [2.45, 2.75) is 24.5 Å². The van der Waals surface area contributed by atoms with Gasteiger partial charge in [-0.2, -0.15) is 0 Å². The largest absolute Gasteiger partial charge is 0.420 e. The summed E-state index contributed by atoms with van der Waals surface area (Å²) in [5.41, 5.74) is 1.62. The maximum Gasteiger partial charge on any atom is 0.271 e. The first kappa shape index (κ1) is 15.7. The second-order valence-electron chi connectivity index (χ2n) is 4.90. The molecule has 0 aliphatic heterocycles. The SMILES string of the molecule is CCc1cccc(NS(=O)(=O)c2ccc(-c3nnc(C)o3)s2)c1. The van der Waals surface area contributed by atoms with Crippen LogP contribution in [0.5, 0.6) is 0 Å². The van der Waals surface area contributed by atoms with Crippen LogP contribution in [0.15, 0.2) is 45.0 Å². The molecule has 0 aliphatic rings. The van der Waals surface area contributed by atoms with Crippen molar-refractivity contribution in [3.63, 3.8) is 0 Å². The molecule has 3 rings (SSSR count). The maximum absolute atomic E-state index is 12.5. The summed E-state index contributed by atoms with van der Waals surface area (Å²) < 4.78 is 33.1. The van der Waals surface area contributed by atoms with Crippen molar-refractivity contribution in [3.05, 3.63) is 47.9 Å². The Morgan fingerprint density at radius 1 is 1.22 bits per heavy atom. The molecule has 8 heteroatoms. The number of benzene rings is 1. The number of sulfonamides is 1. The smallest absolute Gasteiger partial charge is 0.271 e. The van der Waals surface area contributed by atoms with Gasteiger partial charge in [-0.1, -0.05) is 19.1 Å². The Hall–Kier alpha value is -2.19. The van der Waals surface area contributed by atoms with E-state index < -0.39 is 10.0 Å². The van der Waals surface area contributed by atoms with E-state index in [0.717, 1.165) is 23.3 Å². The maximum atomic E-state index is 12.5. The molecule has 0 aliphatic carbocycles. The fraction of sp³-hybridized carbons (Fsp3) is 0.200. The van der Waals surface area contributed by atoms with E-state index in [1.165, 1.54) is 6.07 Å². The number of aryl methyl sites for hydroxylation is 2. The van der Waals surface area contributed by atoms with E-state index in [1.807, 2.05) is 25.1 Å². The van der Waals surface area contributed by atoms with E-state index in [-0.39, 0.29) is 4.21 Å². The molecule has 2 aromatic heterocycles. The molecule has 0 atom stereocenters. The first-order valence-corrected chi connectivity index (χ1v) is 9.30. The molecule has 0 spiro atoms. The van der Waals surface area contributed by atoms with Crippen LogP contribution in [0.4, 0.5) is 5.69 Å². The Kier molecular flexibility index (Phi) is 4.18. The molecule has 2 heterocycles. The predicted octanol–water partition coefficient (Wildman–Crippen LogP) is 3.47. The van der Waals surface area contributed by atoms with Gasteiger partial charge in [0.15, 0.2) is 0 Å². The normalized spacial score (nSPS) is 11.6. The molecule has 0 unspecified atom stereocenters. The van der Waals surface area contributed by atoms with Crippen LogP contribution in [0.25, 0.3) is 10.8 Å². The molecule has 23 heavy (non-hydrogen) atoms. The molecule has 0 saturated heterocycles. The van der Waals surface area contributed by atoms with Gasteiger partial charge in [-0.25, -0.2) is 8.42 Å².